The zero-order valence-corrected chi connectivity index (χ0v) is 18.1. The molecule has 28 heavy (non-hydrogen) atoms. The van der Waals surface area contributed by atoms with Crippen molar-refractivity contribution in [3.8, 4) is 5.75 Å². The van der Waals surface area contributed by atoms with Crippen LogP contribution < -0.4 is 9.64 Å². The normalized spacial score (nSPS) is 17.4. The largest absolute Gasteiger partial charge is 0.497 e. The minimum atomic E-state index is -0.495. The van der Waals surface area contributed by atoms with Gasteiger partial charge in [0.25, 0.3) is 0 Å². The summed E-state index contributed by atoms with van der Waals surface area (Å²) >= 11 is 2.03. The Morgan fingerprint density at radius 2 is 1.86 bits per heavy atom. The van der Waals surface area contributed by atoms with E-state index in [9.17, 15) is 14.0 Å². The lowest BCUT2D eigenvalue weighted by molar-refractivity contribution is -0.130. The number of carbonyl (C=O) groups is 2. The molecule has 1 saturated heterocycles. The first kappa shape index (κ1) is 20.6. The van der Waals surface area contributed by atoms with Crippen molar-refractivity contribution >= 4 is 40.2 Å². The van der Waals surface area contributed by atoms with Gasteiger partial charge in [0.2, 0.25) is 5.91 Å². The molecule has 0 bridgehead atoms. The molecule has 3 amide bonds. The zero-order chi connectivity index (χ0) is 20.4. The summed E-state index contributed by atoms with van der Waals surface area (Å²) < 4.78 is 20.6. The fourth-order valence-electron chi connectivity index (χ4n) is 3.32. The first-order valence-corrected chi connectivity index (χ1v) is 10.1. The molecular formula is C21H22FIN2O3. The Morgan fingerprint density at radius 3 is 2.43 bits per heavy atom. The number of amides is 3. The quantitative estimate of drug-likeness (QED) is 0.558. The second kappa shape index (κ2) is 8.46. The number of nitrogens with zero attached hydrogens (tertiary/aromatic N) is 2. The summed E-state index contributed by atoms with van der Waals surface area (Å²) in [7, 11) is 1.58. The second-order valence-electron chi connectivity index (χ2n) is 7.09. The number of hydrogen-bond acceptors (Lipinski definition) is 3. The molecule has 1 heterocycles. The topological polar surface area (TPSA) is 49.9 Å². The van der Waals surface area contributed by atoms with E-state index in [0.29, 0.717) is 5.75 Å². The van der Waals surface area contributed by atoms with Gasteiger partial charge in [0.05, 0.1) is 19.3 Å². The van der Waals surface area contributed by atoms with Crippen molar-refractivity contribution in [1.29, 1.82) is 0 Å². The van der Waals surface area contributed by atoms with Gasteiger partial charge in [-0.15, -0.1) is 0 Å². The Morgan fingerprint density at radius 1 is 1.18 bits per heavy atom. The third-order valence-corrected chi connectivity index (χ3v) is 5.56. The summed E-state index contributed by atoms with van der Waals surface area (Å²) in [5, 5.41) is 0. The molecule has 1 aliphatic rings. The van der Waals surface area contributed by atoms with Gasteiger partial charge in [-0.3, -0.25) is 14.6 Å². The molecule has 1 aliphatic heterocycles. The molecule has 0 saturated carbocycles. The number of benzene rings is 2. The molecule has 1 fully saturated rings. The van der Waals surface area contributed by atoms with Crippen LogP contribution in [-0.4, -0.2) is 30.0 Å². The summed E-state index contributed by atoms with van der Waals surface area (Å²) in [6.07, 6.45) is 0.158. The number of imide groups is 1. The van der Waals surface area contributed by atoms with E-state index in [1.54, 1.807) is 31.4 Å². The third-order valence-electron chi connectivity index (χ3n) is 4.89. The minimum Gasteiger partial charge on any atom is -0.497 e. The lowest BCUT2D eigenvalue weighted by Gasteiger charge is -2.42. The van der Waals surface area contributed by atoms with E-state index in [-0.39, 0.29) is 36.5 Å². The maximum Gasteiger partial charge on any atom is 0.331 e. The Hall–Kier alpha value is -2.16. The number of halogens is 2. The number of urea groups is 1. The molecule has 2 aromatic carbocycles. The molecule has 2 aromatic rings. The standard InChI is InChI=1S/C21H22FIN2O3/c1-13(2)19-11-20(26)24(12-14-4-7-16(28-3)8-5-14)21(27)25(19)18-9-6-15(23)10-17(18)22/h4-10,13,19H,11-12H2,1-3H3. The van der Waals surface area contributed by atoms with Crippen LogP contribution in [0, 0.1) is 15.3 Å². The van der Waals surface area contributed by atoms with Crippen LogP contribution >= 0.6 is 22.6 Å². The molecule has 0 aromatic heterocycles. The fraction of sp³-hybridized carbons (Fsp3) is 0.333. The predicted molar refractivity (Wildman–Crippen MR) is 114 cm³/mol. The molecule has 1 unspecified atom stereocenters. The predicted octanol–water partition coefficient (Wildman–Crippen LogP) is 4.82. The van der Waals surface area contributed by atoms with Gasteiger partial charge in [-0.05, 0) is 64.4 Å². The fourth-order valence-corrected chi connectivity index (χ4v) is 3.77. The highest BCUT2D eigenvalue weighted by molar-refractivity contribution is 14.1. The van der Waals surface area contributed by atoms with E-state index in [1.165, 1.54) is 15.9 Å². The lowest BCUT2D eigenvalue weighted by Crippen LogP contribution is -2.58. The van der Waals surface area contributed by atoms with Crippen molar-refractivity contribution in [2.24, 2.45) is 5.92 Å². The van der Waals surface area contributed by atoms with Crippen molar-refractivity contribution in [2.45, 2.75) is 32.9 Å². The van der Waals surface area contributed by atoms with Gasteiger partial charge in [0, 0.05) is 16.0 Å². The van der Waals surface area contributed by atoms with Crippen molar-refractivity contribution < 1.29 is 18.7 Å². The highest BCUT2D eigenvalue weighted by Crippen LogP contribution is 2.32. The van der Waals surface area contributed by atoms with Gasteiger partial charge in [-0.2, -0.15) is 0 Å². The molecule has 0 spiro atoms. The molecule has 0 radical (unpaired) electrons. The number of ether oxygens (including phenoxy) is 1. The Bertz CT molecular complexity index is 886. The van der Waals surface area contributed by atoms with E-state index in [2.05, 4.69) is 0 Å². The maximum absolute atomic E-state index is 14.7. The van der Waals surface area contributed by atoms with Crippen LogP contribution in [-0.2, 0) is 11.3 Å². The van der Waals surface area contributed by atoms with Gasteiger partial charge < -0.3 is 4.74 Å². The number of anilines is 1. The van der Waals surface area contributed by atoms with Crippen molar-refractivity contribution in [3.05, 3.63) is 57.4 Å². The molecule has 0 aliphatic carbocycles. The number of methoxy groups -OCH3 is 1. The zero-order valence-electron chi connectivity index (χ0n) is 16.0. The Balaban J connectivity index is 1.94. The number of carbonyl (C=O) groups excluding carboxylic acids is 2. The minimum absolute atomic E-state index is 0.00899. The molecule has 1 atom stereocenters. The van der Waals surface area contributed by atoms with Gasteiger partial charge in [-0.25, -0.2) is 9.18 Å². The Labute approximate surface area is 177 Å². The molecule has 0 N–H and O–H groups in total. The van der Waals surface area contributed by atoms with Gasteiger partial charge >= 0.3 is 6.03 Å². The molecule has 148 valence electrons. The van der Waals surface area contributed by atoms with E-state index in [1.807, 2.05) is 48.6 Å². The van der Waals surface area contributed by atoms with E-state index in [4.69, 9.17) is 4.74 Å². The number of rotatable bonds is 5. The molecule has 5 nitrogen and oxygen atoms in total. The maximum atomic E-state index is 14.7. The van der Waals surface area contributed by atoms with Crippen molar-refractivity contribution in [3.63, 3.8) is 0 Å². The highest BCUT2D eigenvalue weighted by Gasteiger charge is 2.41. The highest BCUT2D eigenvalue weighted by atomic mass is 127. The van der Waals surface area contributed by atoms with Crippen LogP contribution in [0.25, 0.3) is 0 Å². The summed E-state index contributed by atoms with van der Waals surface area (Å²) in [5.74, 6) is -0.0106. The van der Waals surface area contributed by atoms with Gasteiger partial charge in [-0.1, -0.05) is 26.0 Å². The SMILES string of the molecule is COc1ccc(CN2C(=O)CC(C(C)C)N(c3ccc(I)cc3F)C2=O)cc1. The van der Waals surface area contributed by atoms with Gasteiger partial charge in [0.15, 0.2) is 0 Å². The number of hydrogen-bond donors (Lipinski definition) is 0. The molecular weight excluding hydrogens is 474 g/mol. The van der Waals surface area contributed by atoms with Crippen LogP contribution in [0.3, 0.4) is 0 Å². The smallest absolute Gasteiger partial charge is 0.331 e. The van der Waals surface area contributed by atoms with Crippen LogP contribution in [0.4, 0.5) is 14.9 Å². The van der Waals surface area contributed by atoms with Crippen LogP contribution in [0.1, 0.15) is 25.8 Å². The summed E-state index contributed by atoms with van der Waals surface area (Å²) in [6.45, 7) is 4.00. The van der Waals surface area contributed by atoms with Crippen molar-refractivity contribution in [2.75, 3.05) is 12.0 Å². The Kier molecular flexibility index (Phi) is 6.22. The van der Waals surface area contributed by atoms with E-state index < -0.39 is 11.8 Å². The summed E-state index contributed by atoms with van der Waals surface area (Å²) in [5.41, 5.74) is 1.00. The van der Waals surface area contributed by atoms with E-state index in [0.717, 1.165) is 9.13 Å². The second-order valence-corrected chi connectivity index (χ2v) is 8.34. The monoisotopic (exact) mass is 496 g/mol. The first-order valence-electron chi connectivity index (χ1n) is 9.03. The van der Waals surface area contributed by atoms with Crippen LogP contribution in [0.5, 0.6) is 5.75 Å². The van der Waals surface area contributed by atoms with Crippen LogP contribution in [0.2, 0.25) is 0 Å². The van der Waals surface area contributed by atoms with E-state index >= 15 is 0 Å². The molecule has 3 rings (SSSR count). The van der Waals surface area contributed by atoms with Crippen LogP contribution in [0.15, 0.2) is 42.5 Å². The first-order chi connectivity index (χ1) is 13.3. The molecule has 7 heteroatoms. The third kappa shape index (κ3) is 4.14. The summed E-state index contributed by atoms with van der Waals surface area (Å²) in [4.78, 5) is 28.6. The van der Waals surface area contributed by atoms with Gasteiger partial charge in [0.1, 0.15) is 11.6 Å². The lowest BCUT2D eigenvalue weighted by atomic mass is 9.95. The average Bonchev–Trinajstić information content (AvgIpc) is 2.66. The summed E-state index contributed by atoms with van der Waals surface area (Å²) in [6, 6.07) is 11.0. The van der Waals surface area contributed by atoms with Crippen molar-refractivity contribution in [1.82, 2.24) is 4.90 Å². The average molecular weight is 496 g/mol.